The molecule has 22 heavy (non-hydrogen) atoms. The van der Waals surface area contributed by atoms with Gasteiger partial charge in [-0.3, -0.25) is 0 Å². The topological polar surface area (TPSA) is 39.1 Å². The van der Waals surface area contributed by atoms with Crippen LogP contribution in [0, 0.1) is 23.3 Å². The summed E-state index contributed by atoms with van der Waals surface area (Å²) in [5, 5.41) is 12.2. The van der Waals surface area contributed by atoms with Crippen LogP contribution in [0.2, 0.25) is 0 Å². The van der Waals surface area contributed by atoms with E-state index < -0.39 is 11.7 Å². The Kier molecular flexibility index (Phi) is 3.90. The van der Waals surface area contributed by atoms with Crippen LogP contribution < -0.4 is 5.32 Å². The SMILES string of the molecule is N#CN1CC2CCCC(Nc3ccccc3C(F)(F)F)C2C1. The Bertz CT molecular complexity index is 579. The van der Waals surface area contributed by atoms with Crippen LogP contribution in [0.3, 0.4) is 0 Å². The number of likely N-dealkylation sites (tertiary alicyclic amines) is 1. The molecule has 2 aliphatic rings. The third-order valence-electron chi connectivity index (χ3n) is 4.81. The summed E-state index contributed by atoms with van der Waals surface area (Å²) in [4.78, 5) is 1.73. The van der Waals surface area contributed by atoms with E-state index in [0.29, 0.717) is 12.5 Å². The van der Waals surface area contributed by atoms with Crippen molar-refractivity contribution in [2.75, 3.05) is 18.4 Å². The van der Waals surface area contributed by atoms with Crippen molar-refractivity contribution >= 4 is 5.69 Å². The van der Waals surface area contributed by atoms with Gasteiger partial charge in [0.15, 0.2) is 6.19 Å². The van der Waals surface area contributed by atoms with Gasteiger partial charge < -0.3 is 10.2 Å². The van der Waals surface area contributed by atoms with Gasteiger partial charge in [0.25, 0.3) is 0 Å². The average molecular weight is 309 g/mol. The number of para-hydroxylation sites is 1. The first-order chi connectivity index (χ1) is 10.5. The zero-order valence-corrected chi connectivity index (χ0v) is 12.1. The van der Waals surface area contributed by atoms with Gasteiger partial charge in [-0.15, -0.1) is 0 Å². The number of halogens is 3. The molecule has 1 saturated heterocycles. The summed E-state index contributed by atoms with van der Waals surface area (Å²) < 4.78 is 39.3. The van der Waals surface area contributed by atoms with Gasteiger partial charge in [0.1, 0.15) is 0 Å². The molecular formula is C16H18F3N3. The number of nitrogens with zero attached hydrogens (tertiary/aromatic N) is 2. The third kappa shape index (κ3) is 2.85. The first kappa shape index (κ1) is 15.0. The standard InChI is InChI=1S/C16H18F3N3/c17-16(18,19)13-5-1-2-6-15(13)21-14-7-3-4-11-8-22(10-20)9-12(11)14/h1-2,5-6,11-12,14,21H,3-4,7-9H2. The maximum absolute atomic E-state index is 13.1. The average Bonchev–Trinajstić information content (AvgIpc) is 2.91. The molecule has 118 valence electrons. The molecule has 1 saturated carbocycles. The predicted molar refractivity (Wildman–Crippen MR) is 76.9 cm³/mol. The molecule has 0 spiro atoms. The molecular weight excluding hydrogens is 291 g/mol. The van der Waals surface area contributed by atoms with Crippen molar-refractivity contribution in [2.24, 2.45) is 11.8 Å². The molecule has 6 heteroatoms. The van der Waals surface area contributed by atoms with E-state index in [0.717, 1.165) is 31.9 Å². The lowest BCUT2D eigenvalue weighted by Crippen LogP contribution is -2.37. The summed E-state index contributed by atoms with van der Waals surface area (Å²) >= 11 is 0. The normalized spacial score (nSPS) is 28.1. The van der Waals surface area contributed by atoms with Gasteiger partial charge in [0.05, 0.1) is 5.56 Å². The van der Waals surface area contributed by atoms with Gasteiger partial charge >= 0.3 is 6.18 Å². The molecule has 1 N–H and O–H groups in total. The number of hydrogen-bond acceptors (Lipinski definition) is 3. The molecule has 2 fully saturated rings. The predicted octanol–water partition coefficient (Wildman–Crippen LogP) is 3.70. The fraction of sp³-hybridized carbons (Fsp3) is 0.562. The molecule has 3 nitrogen and oxygen atoms in total. The van der Waals surface area contributed by atoms with Crippen molar-refractivity contribution in [1.29, 1.82) is 5.26 Å². The minimum absolute atomic E-state index is 0.000556. The quantitative estimate of drug-likeness (QED) is 0.847. The molecule has 1 aliphatic heterocycles. The van der Waals surface area contributed by atoms with Crippen molar-refractivity contribution in [3.8, 4) is 6.19 Å². The molecule has 0 amide bonds. The van der Waals surface area contributed by atoms with Gasteiger partial charge in [0.2, 0.25) is 0 Å². The van der Waals surface area contributed by atoms with E-state index in [-0.39, 0.29) is 17.6 Å². The summed E-state index contributed by atoms with van der Waals surface area (Å²) in [5.74, 6) is 0.652. The second kappa shape index (κ2) is 5.71. The zero-order valence-electron chi connectivity index (χ0n) is 12.1. The van der Waals surface area contributed by atoms with Crippen LogP contribution in [-0.2, 0) is 6.18 Å². The number of nitrogens with one attached hydrogen (secondary N) is 1. The van der Waals surface area contributed by atoms with E-state index in [1.54, 1.807) is 11.0 Å². The van der Waals surface area contributed by atoms with Crippen LogP contribution in [0.4, 0.5) is 18.9 Å². The summed E-state index contributed by atoms with van der Waals surface area (Å²) in [5.41, 5.74) is -0.469. The van der Waals surface area contributed by atoms with Crippen molar-refractivity contribution in [3.63, 3.8) is 0 Å². The lowest BCUT2D eigenvalue weighted by Gasteiger charge is -2.34. The van der Waals surface area contributed by atoms with Crippen LogP contribution in [0.25, 0.3) is 0 Å². The van der Waals surface area contributed by atoms with Crippen molar-refractivity contribution in [2.45, 2.75) is 31.5 Å². The van der Waals surface area contributed by atoms with E-state index in [9.17, 15) is 13.2 Å². The highest BCUT2D eigenvalue weighted by Gasteiger charge is 2.41. The summed E-state index contributed by atoms with van der Waals surface area (Å²) in [6, 6.07) is 5.63. The Morgan fingerprint density at radius 1 is 1.18 bits per heavy atom. The maximum Gasteiger partial charge on any atom is 0.418 e. The van der Waals surface area contributed by atoms with E-state index in [4.69, 9.17) is 5.26 Å². The summed E-state index contributed by atoms with van der Waals surface area (Å²) in [7, 11) is 0. The van der Waals surface area contributed by atoms with Crippen LogP contribution in [0.5, 0.6) is 0 Å². The molecule has 1 heterocycles. The van der Waals surface area contributed by atoms with Crippen LogP contribution >= 0.6 is 0 Å². The Morgan fingerprint density at radius 3 is 2.68 bits per heavy atom. The molecule has 0 aromatic heterocycles. The molecule has 3 rings (SSSR count). The number of hydrogen-bond donors (Lipinski definition) is 1. The molecule has 3 atom stereocenters. The second-order valence-corrected chi connectivity index (χ2v) is 6.15. The number of nitriles is 1. The van der Waals surface area contributed by atoms with Gasteiger partial charge in [-0.1, -0.05) is 18.6 Å². The Balaban J connectivity index is 1.80. The fourth-order valence-electron chi connectivity index (χ4n) is 3.79. The van der Waals surface area contributed by atoms with Gasteiger partial charge in [-0.05, 0) is 30.9 Å². The summed E-state index contributed by atoms with van der Waals surface area (Å²) in [6.07, 6.45) is 0.714. The highest BCUT2D eigenvalue weighted by molar-refractivity contribution is 5.53. The number of anilines is 1. The smallest absolute Gasteiger partial charge is 0.381 e. The van der Waals surface area contributed by atoms with E-state index in [1.807, 2.05) is 0 Å². The van der Waals surface area contributed by atoms with Crippen molar-refractivity contribution < 1.29 is 13.2 Å². The minimum atomic E-state index is -4.36. The highest BCUT2D eigenvalue weighted by atomic mass is 19.4. The molecule has 1 aromatic rings. The summed E-state index contributed by atoms with van der Waals surface area (Å²) in [6.45, 7) is 1.38. The molecule has 1 aromatic carbocycles. The van der Waals surface area contributed by atoms with Crippen molar-refractivity contribution in [1.82, 2.24) is 4.90 Å². The minimum Gasteiger partial charge on any atom is -0.381 e. The number of benzene rings is 1. The first-order valence-corrected chi connectivity index (χ1v) is 7.56. The maximum atomic E-state index is 13.1. The van der Waals surface area contributed by atoms with E-state index >= 15 is 0 Å². The van der Waals surface area contributed by atoms with Gasteiger partial charge in [-0.25, -0.2) is 0 Å². The second-order valence-electron chi connectivity index (χ2n) is 6.15. The van der Waals surface area contributed by atoms with Gasteiger partial charge in [0, 0.05) is 30.7 Å². The van der Waals surface area contributed by atoms with Gasteiger partial charge in [-0.2, -0.15) is 18.4 Å². The number of alkyl halides is 3. The molecule has 1 aliphatic carbocycles. The fourth-order valence-corrected chi connectivity index (χ4v) is 3.79. The number of rotatable bonds is 2. The largest absolute Gasteiger partial charge is 0.418 e. The monoisotopic (exact) mass is 309 g/mol. The van der Waals surface area contributed by atoms with Crippen LogP contribution in [0.15, 0.2) is 24.3 Å². The lowest BCUT2D eigenvalue weighted by atomic mass is 9.78. The first-order valence-electron chi connectivity index (χ1n) is 7.56. The number of fused-ring (bicyclic) bond motifs is 1. The Hall–Kier alpha value is -1.90. The van der Waals surface area contributed by atoms with E-state index in [1.165, 1.54) is 12.1 Å². The Labute approximate surface area is 127 Å². The lowest BCUT2D eigenvalue weighted by molar-refractivity contribution is -0.137. The molecule has 3 unspecified atom stereocenters. The van der Waals surface area contributed by atoms with Crippen LogP contribution in [-0.4, -0.2) is 24.0 Å². The molecule has 0 radical (unpaired) electrons. The van der Waals surface area contributed by atoms with Crippen molar-refractivity contribution in [3.05, 3.63) is 29.8 Å². The Morgan fingerprint density at radius 2 is 1.95 bits per heavy atom. The zero-order chi connectivity index (χ0) is 15.7. The highest BCUT2D eigenvalue weighted by Crippen LogP contribution is 2.40. The van der Waals surface area contributed by atoms with Crippen LogP contribution in [0.1, 0.15) is 24.8 Å². The van der Waals surface area contributed by atoms with E-state index in [2.05, 4.69) is 11.5 Å². The molecule has 0 bridgehead atoms. The third-order valence-corrected chi connectivity index (χ3v) is 4.81.